The number of carbonyl (C=O) groups is 1. The lowest BCUT2D eigenvalue weighted by atomic mass is 10.0. The van der Waals surface area contributed by atoms with Crippen LogP contribution in [0.15, 0.2) is 18.2 Å². The standard InChI is InChI=1S/C15H20Cl2N2O3S/c1-10(12-7-6-11(16)9-13(12)17)18-15(20)14-5-3-4-8-19(14)23(2,21)22/h6-7,9-10,14H,3-5,8H2,1-2H3,(H,18,20). The van der Waals surface area contributed by atoms with Crippen molar-refractivity contribution in [2.45, 2.75) is 38.3 Å². The van der Waals surface area contributed by atoms with E-state index in [1.165, 1.54) is 4.31 Å². The summed E-state index contributed by atoms with van der Waals surface area (Å²) in [4.78, 5) is 12.5. The molecule has 0 aliphatic carbocycles. The molecule has 0 spiro atoms. The molecule has 0 bridgehead atoms. The quantitative estimate of drug-likeness (QED) is 0.875. The average Bonchev–Trinajstić information content (AvgIpc) is 2.46. The van der Waals surface area contributed by atoms with Gasteiger partial charge in [0.05, 0.1) is 12.3 Å². The van der Waals surface area contributed by atoms with E-state index in [2.05, 4.69) is 5.32 Å². The van der Waals surface area contributed by atoms with Gasteiger partial charge in [-0.15, -0.1) is 0 Å². The molecule has 1 fully saturated rings. The van der Waals surface area contributed by atoms with Crippen LogP contribution in [-0.4, -0.2) is 37.5 Å². The molecule has 0 saturated carbocycles. The van der Waals surface area contributed by atoms with Crippen molar-refractivity contribution in [1.29, 1.82) is 0 Å². The first-order chi connectivity index (χ1) is 10.7. The smallest absolute Gasteiger partial charge is 0.238 e. The molecule has 1 amide bonds. The van der Waals surface area contributed by atoms with Gasteiger partial charge < -0.3 is 5.32 Å². The zero-order chi connectivity index (χ0) is 17.2. The van der Waals surface area contributed by atoms with Crippen LogP contribution in [0.25, 0.3) is 0 Å². The Bertz CT molecular complexity index is 694. The van der Waals surface area contributed by atoms with Crippen molar-refractivity contribution < 1.29 is 13.2 Å². The van der Waals surface area contributed by atoms with Gasteiger partial charge in [-0.05, 0) is 37.5 Å². The third-order valence-corrected chi connectivity index (χ3v) is 5.82. The highest BCUT2D eigenvalue weighted by atomic mass is 35.5. The summed E-state index contributed by atoms with van der Waals surface area (Å²) in [5, 5.41) is 3.84. The number of nitrogens with zero attached hydrogens (tertiary/aromatic N) is 1. The first-order valence-corrected chi connectivity index (χ1v) is 10.0. The van der Waals surface area contributed by atoms with Gasteiger partial charge in [-0.25, -0.2) is 8.42 Å². The molecule has 1 aromatic carbocycles. The number of nitrogens with one attached hydrogen (secondary N) is 1. The predicted octanol–water partition coefficient (Wildman–Crippen LogP) is 2.98. The Morgan fingerprint density at radius 2 is 2.04 bits per heavy atom. The van der Waals surface area contributed by atoms with E-state index in [1.807, 2.05) is 0 Å². The van der Waals surface area contributed by atoms with Crippen molar-refractivity contribution in [2.75, 3.05) is 12.8 Å². The molecule has 1 aliphatic heterocycles. The van der Waals surface area contributed by atoms with Crippen LogP contribution in [0.2, 0.25) is 10.0 Å². The Morgan fingerprint density at radius 1 is 1.35 bits per heavy atom. The lowest BCUT2D eigenvalue weighted by Gasteiger charge is -2.33. The summed E-state index contributed by atoms with van der Waals surface area (Å²) >= 11 is 12.0. The number of halogens is 2. The summed E-state index contributed by atoms with van der Waals surface area (Å²) in [6, 6.07) is 4.08. The van der Waals surface area contributed by atoms with Crippen molar-refractivity contribution >= 4 is 39.1 Å². The van der Waals surface area contributed by atoms with Gasteiger partial charge in [0.15, 0.2) is 0 Å². The fourth-order valence-electron chi connectivity index (χ4n) is 2.80. The second-order valence-electron chi connectivity index (χ2n) is 5.78. The highest BCUT2D eigenvalue weighted by molar-refractivity contribution is 7.88. The summed E-state index contributed by atoms with van der Waals surface area (Å²) in [5.41, 5.74) is 0.742. The van der Waals surface area contributed by atoms with E-state index in [0.29, 0.717) is 23.0 Å². The van der Waals surface area contributed by atoms with Crippen LogP contribution in [0.3, 0.4) is 0 Å². The minimum absolute atomic E-state index is 0.298. The second-order valence-corrected chi connectivity index (χ2v) is 8.56. The molecule has 1 aromatic rings. The molecule has 23 heavy (non-hydrogen) atoms. The zero-order valence-electron chi connectivity index (χ0n) is 13.1. The number of carbonyl (C=O) groups excluding carboxylic acids is 1. The first kappa shape index (κ1) is 18.5. The summed E-state index contributed by atoms with van der Waals surface area (Å²) in [5.74, 6) is -0.298. The van der Waals surface area contributed by atoms with E-state index in [4.69, 9.17) is 23.2 Å². The molecule has 0 radical (unpaired) electrons. The second kappa shape index (κ2) is 7.38. The molecule has 2 rings (SSSR count). The molecule has 128 valence electrons. The number of rotatable bonds is 4. The van der Waals surface area contributed by atoms with Crippen LogP contribution >= 0.6 is 23.2 Å². The molecule has 2 unspecified atom stereocenters. The largest absolute Gasteiger partial charge is 0.348 e. The normalized spacial score (nSPS) is 21.0. The molecule has 8 heteroatoms. The SMILES string of the molecule is CC(NC(=O)C1CCCCN1S(C)(=O)=O)c1ccc(Cl)cc1Cl. The van der Waals surface area contributed by atoms with Gasteiger partial charge in [-0.2, -0.15) is 4.31 Å². The van der Waals surface area contributed by atoms with Gasteiger partial charge in [-0.3, -0.25) is 4.79 Å². The number of piperidine rings is 1. The van der Waals surface area contributed by atoms with Crippen LogP contribution in [-0.2, 0) is 14.8 Å². The Kier molecular flexibility index (Phi) is 5.94. The van der Waals surface area contributed by atoms with E-state index in [9.17, 15) is 13.2 Å². The fraction of sp³-hybridized carbons (Fsp3) is 0.533. The summed E-state index contributed by atoms with van der Waals surface area (Å²) in [7, 11) is -3.41. The van der Waals surface area contributed by atoms with Crippen molar-refractivity contribution in [3.63, 3.8) is 0 Å². The maximum Gasteiger partial charge on any atom is 0.238 e. The first-order valence-electron chi connectivity index (χ1n) is 7.42. The maximum absolute atomic E-state index is 12.5. The highest BCUT2D eigenvalue weighted by Crippen LogP contribution is 2.27. The number of sulfonamides is 1. The minimum atomic E-state index is -3.41. The third kappa shape index (κ3) is 4.59. The zero-order valence-corrected chi connectivity index (χ0v) is 15.4. The number of amides is 1. The van der Waals surface area contributed by atoms with Crippen molar-refractivity contribution in [3.05, 3.63) is 33.8 Å². The van der Waals surface area contributed by atoms with E-state index in [1.54, 1.807) is 25.1 Å². The summed E-state index contributed by atoms with van der Waals surface area (Å²) < 4.78 is 25.0. The molecule has 1 saturated heterocycles. The fourth-order valence-corrected chi connectivity index (χ4v) is 4.50. The summed E-state index contributed by atoms with van der Waals surface area (Å²) in [6.45, 7) is 2.19. The minimum Gasteiger partial charge on any atom is -0.348 e. The van der Waals surface area contributed by atoms with Crippen molar-refractivity contribution in [1.82, 2.24) is 9.62 Å². The molecule has 1 aliphatic rings. The van der Waals surface area contributed by atoms with Crippen LogP contribution in [0.1, 0.15) is 37.8 Å². The monoisotopic (exact) mass is 378 g/mol. The van der Waals surface area contributed by atoms with E-state index >= 15 is 0 Å². The van der Waals surface area contributed by atoms with Crippen molar-refractivity contribution in [3.8, 4) is 0 Å². The molecule has 5 nitrogen and oxygen atoms in total. The molecule has 1 heterocycles. The Balaban J connectivity index is 2.13. The van der Waals surface area contributed by atoms with Gasteiger partial charge >= 0.3 is 0 Å². The molecule has 0 aromatic heterocycles. The van der Waals surface area contributed by atoms with E-state index in [0.717, 1.165) is 24.7 Å². The van der Waals surface area contributed by atoms with E-state index < -0.39 is 16.1 Å². The topological polar surface area (TPSA) is 66.5 Å². The Labute approximate surface area is 147 Å². The van der Waals surface area contributed by atoms with Gasteiger partial charge in [-0.1, -0.05) is 35.7 Å². The Hall–Kier alpha value is -0.820. The average molecular weight is 379 g/mol. The van der Waals surface area contributed by atoms with Gasteiger partial charge in [0.25, 0.3) is 0 Å². The number of benzene rings is 1. The van der Waals surface area contributed by atoms with Crippen molar-refractivity contribution in [2.24, 2.45) is 0 Å². The van der Waals surface area contributed by atoms with Crippen LogP contribution < -0.4 is 5.32 Å². The highest BCUT2D eigenvalue weighted by Gasteiger charge is 2.35. The lowest BCUT2D eigenvalue weighted by Crippen LogP contribution is -2.51. The van der Waals surface area contributed by atoms with Gasteiger partial charge in [0, 0.05) is 16.6 Å². The lowest BCUT2D eigenvalue weighted by molar-refractivity contribution is -0.126. The third-order valence-electron chi connectivity index (χ3n) is 3.97. The van der Waals surface area contributed by atoms with Gasteiger partial charge in [0.1, 0.15) is 6.04 Å². The molecular formula is C15H20Cl2N2O3S. The number of hydrogen-bond donors (Lipinski definition) is 1. The van der Waals surface area contributed by atoms with Crippen LogP contribution in [0.5, 0.6) is 0 Å². The maximum atomic E-state index is 12.5. The molecule has 2 atom stereocenters. The predicted molar refractivity (Wildman–Crippen MR) is 92.2 cm³/mol. The van der Waals surface area contributed by atoms with E-state index in [-0.39, 0.29) is 11.9 Å². The molecule has 1 N–H and O–H groups in total. The van der Waals surface area contributed by atoms with Crippen LogP contribution in [0, 0.1) is 0 Å². The van der Waals surface area contributed by atoms with Crippen LogP contribution in [0.4, 0.5) is 0 Å². The number of hydrogen-bond acceptors (Lipinski definition) is 3. The van der Waals surface area contributed by atoms with Gasteiger partial charge in [0.2, 0.25) is 15.9 Å². The summed E-state index contributed by atoms with van der Waals surface area (Å²) in [6.07, 6.45) is 3.27. The molecular weight excluding hydrogens is 359 g/mol. The Morgan fingerprint density at radius 3 is 2.65 bits per heavy atom.